The minimum Gasteiger partial charge on any atom is -0.328 e. The standard InChI is InChI=1S/C16H26N2S.ClH/c1-14(17)16-8-5-9-18(12-16)10-11-19-13-15-6-3-2-4-7-15;/h2-4,6-7,14,16H,5,8-13,17H2,1H3;1H. The minimum absolute atomic E-state index is 0. The van der Waals surface area contributed by atoms with E-state index in [2.05, 4.69) is 42.2 Å². The second kappa shape index (κ2) is 9.67. The van der Waals surface area contributed by atoms with Crippen LogP contribution < -0.4 is 5.73 Å². The summed E-state index contributed by atoms with van der Waals surface area (Å²) in [5, 5.41) is 0. The highest BCUT2D eigenvalue weighted by Gasteiger charge is 2.21. The Morgan fingerprint density at radius 1 is 1.35 bits per heavy atom. The number of nitrogens with two attached hydrogens (primary N) is 1. The molecule has 4 heteroatoms. The first-order valence-corrected chi connectivity index (χ1v) is 8.51. The normalized spacial score (nSPS) is 21.2. The first kappa shape index (κ1) is 17.8. The van der Waals surface area contributed by atoms with Gasteiger partial charge in [0.2, 0.25) is 0 Å². The predicted molar refractivity (Wildman–Crippen MR) is 92.7 cm³/mol. The first-order chi connectivity index (χ1) is 9.25. The summed E-state index contributed by atoms with van der Waals surface area (Å²) in [4.78, 5) is 2.59. The second-order valence-corrected chi connectivity index (χ2v) is 6.71. The molecule has 2 atom stereocenters. The molecular weight excluding hydrogens is 288 g/mol. The van der Waals surface area contributed by atoms with Crippen LogP contribution in [-0.2, 0) is 5.75 Å². The lowest BCUT2D eigenvalue weighted by Gasteiger charge is -2.34. The van der Waals surface area contributed by atoms with Gasteiger partial charge in [-0.3, -0.25) is 0 Å². The molecule has 0 radical (unpaired) electrons. The Labute approximate surface area is 133 Å². The lowest BCUT2D eigenvalue weighted by molar-refractivity contribution is 0.169. The molecule has 1 aromatic rings. The summed E-state index contributed by atoms with van der Waals surface area (Å²) in [6.07, 6.45) is 2.63. The number of hydrogen-bond acceptors (Lipinski definition) is 3. The monoisotopic (exact) mass is 314 g/mol. The number of rotatable bonds is 6. The van der Waals surface area contributed by atoms with Crippen molar-refractivity contribution in [3.8, 4) is 0 Å². The van der Waals surface area contributed by atoms with Crippen molar-refractivity contribution in [3.05, 3.63) is 35.9 Å². The Morgan fingerprint density at radius 3 is 2.80 bits per heavy atom. The third-order valence-electron chi connectivity index (χ3n) is 3.95. The molecule has 1 aromatic carbocycles. The zero-order chi connectivity index (χ0) is 13.5. The van der Waals surface area contributed by atoms with Crippen LogP contribution >= 0.6 is 24.2 Å². The topological polar surface area (TPSA) is 29.3 Å². The molecule has 0 aromatic heterocycles. The van der Waals surface area contributed by atoms with Crippen LogP contribution in [0, 0.1) is 5.92 Å². The van der Waals surface area contributed by atoms with Crippen molar-refractivity contribution in [2.45, 2.75) is 31.6 Å². The lowest BCUT2D eigenvalue weighted by atomic mass is 9.92. The number of likely N-dealkylation sites (tertiary alicyclic amines) is 1. The van der Waals surface area contributed by atoms with Gasteiger partial charge in [0.25, 0.3) is 0 Å². The molecule has 0 bridgehead atoms. The molecule has 2 N–H and O–H groups in total. The van der Waals surface area contributed by atoms with Gasteiger partial charge in [0, 0.05) is 30.6 Å². The van der Waals surface area contributed by atoms with E-state index < -0.39 is 0 Å². The molecule has 2 rings (SSSR count). The number of hydrogen-bond donors (Lipinski definition) is 1. The quantitative estimate of drug-likeness (QED) is 0.816. The number of thioether (sulfide) groups is 1. The molecular formula is C16H27ClN2S. The smallest absolute Gasteiger partial charge is 0.0185 e. The summed E-state index contributed by atoms with van der Waals surface area (Å²) in [6, 6.07) is 11.1. The van der Waals surface area contributed by atoms with E-state index in [0.29, 0.717) is 12.0 Å². The van der Waals surface area contributed by atoms with Gasteiger partial charge in [-0.1, -0.05) is 30.3 Å². The zero-order valence-electron chi connectivity index (χ0n) is 12.3. The molecule has 2 nitrogen and oxygen atoms in total. The molecule has 20 heavy (non-hydrogen) atoms. The fourth-order valence-corrected chi connectivity index (χ4v) is 3.64. The highest BCUT2D eigenvalue weighted by molar-refractivity contribution is 7.98. The maximum Gasteiger partial charge on any atom is 0.0185 e. The van der Waals surface area contributed by atoms with E-state index in [0.717, 1.165) is 5.75 Å². The summed E-state index contributed by atoms with van der Waals surface area (Å²) >= 11 is 2.04. The third-order valence-corrected chi connectivity index (χ3v) is 4.96. The van der Waals surface area contributed by atoms with Crippen molar-refractivity contribution in [2.75, 3.05) is 25.4 Å². The average Bonchev–Trinajstić information content (AvgIpc) is 2.45. The molecule has 0 amide bonds. The summed E-state index contributed by atoms with van der Waals surface area (Å²) in [7, 11) is 0. The van der Waals surface area contributed by atoms with Gasteiger partial charge in [-0.05, 0) is 37.8 Å². The first-order valence-electron chi connectivity index (χ1n) is 7.35. The van der Waals surface area contributed by atoms with E-state index >= 15 is 0 Å². The van der Waals surface area contributed by atoms with Crippen LogP contribution in [0.15, 0.2) is 30.3 Å². The Hall–Kier alpha value is -0.220. The fraction of sp³-hybridized carbons (Fsp3) is 0.625. The van der Waals surface area contributed by atoms with Gasteiger partial charge in [-0.2, -0.15) is 11.8 Å². The van der Waals surface area contributed by atoms with E-state index in [4.69, 9.17) is 5.73 Å². The molecule has 0 aliphatic carbocycles. The number of piperidine rings is 1. The largest absolute Gasteiger partial charge is 0.328 e. The van der Waals surface area contributed by atoms with Crippen molar-refractivity contribution in [3.63, 3.8) is 0 Å². The van der Waals surface area contributed by atoms with Crippen molar-refractivity contribution >= 4 is 24.2 Å². The number of benzene rings is 1. The van der Waals surface area contributed by atoms with Crippen LogP contribution in [0.3, 0.4) is 0 Å². The Morgan fingerprint density at radius 2 is 2.10 bits per heavy atom. The van der Waals surface area contributed by atoms with Gasteiger partial charge < -0.3 is 10.6 Å². The molecule has 0 spiro atoms. The summed E-state index contributed by atoms with van der Waals surface area (Å²) in [5.41, 5.74) is 7.46. The fourth-order valence-electron chi connectivity index (χ4n) is 2.68. The van der Waals surface area contributed by atoms with E-state index in [-0.39, 0.29) is 12.4 Å². The zero-order valence-corrected chi connectivity index (χ0v) is 14.0. The third kappa shape index (κ3) is 6.04. The Bertz CT molecular complexity index is 359. The van der Waals surface area contributed by atoms with Crippen molar-refractivity contribution in [1.29, 1.82) is 0 Å². The van der Waals surface area contributed by atoms with Crippen LogP contribution in [0.2, 0.25) is 0 Å². The van der Waals surface area contributed by atoms with Gasteiger partial charge in [0.1, 0.15) is 0 Å². The lowest BCUT2D eigenvalue weighted by Crippen LogP contribution is -2.43. The highest BCUT2D eigenvalue weighted by Crippen LogP contribution is 2.19. The van der Waals surface area contributed by atoms with Crippen LogP contribution in [0.4, 0.5) is 0 Å². The molecule has 1 heterocycles. The average molecular weight is 315 g/mol. The Balaban J connectivity index is 0.00000200. The molecule has 0 saturated carbocycles. The van der Waals surface area contributed by atoms with Crippen LogP contribution in [-0.4, -0.2) is 36.3 Å². The Kier molecular flexibility index (Phi) is 8.62. The van der Waals surface area contributed by atoms with E-state index in [1.165, 1.54) is 43.8 Å². The molecule has 1 fully saturated rings. The highest BCUT2D eigenvalue weighted by atomic mass is 35.5. The van der Waals surface area contributed by atoms with Crippen molar-refractivity contribution < 1.29 is 0 Å². The van der Waals surface area contributed by atoms with Crippen LogP contribution in [0.1, 0.15) is 25.3 Å². The summed E-state index contributed by atoms with van der Waals surface area (Å²) < 4.78 is 0. The maximum absolute atomic E-state index is 6.03. The van der Waals surface area contributed by atoms with Crippen molar-refractivity contribution in [2.24, 2.45) is 11.7 Å². The molecule has 114 valence electrons. The van der Waals surface area contributed by atoms with Crippen LogP contribution in [0.5, 0.6) is 0 Å². The molecule has 1 aliphatic rings. The summed E-state index contributed by atoms with van der Waals surface area (Å²) in [6.45, 7) is 5.82. The van der Waals surface area contributed by atoms with E-state index in [1.807, 2.05) is 11.8 Å². The van der Waals surface area contributed by atoms with Crippen LogP contribution in [0.25, 0.3) is 0 Å². The van der Waals surface area contributed by atoms with E-state index in [1.54, 1.807) is 0 Å². The van der Waals surface area contributed by atoms with Gasteiger partial charge >= 0.3 is 0 Å². The van der Waals surface area contributed by atoms with Gasteiger partial charge in [0.15, 0.2) is 0 Å². The molecule has 2 unspecified atom stereocenters. The SMILES string of the molecule is CC(N)C1CCCN(CCSCc2ccccc2)C1.Cl. The minimum atomic E-state index is 0. The number of nitrogens with zero attached hydrogens (tertiary/aromatic N) is 1. The van der Waals surface area contributed by atoms with Gasteiger partial charge in [0.05, 0.1) is 0 Å². The number of halogens is 1. The predicted octanol–water partition coefficient (Wildman–Crippen LogP) is 3.40. The van der Waals surface area contributed by atoms with Crippen molar-refractivity contribution in [1.82, 2.24) is 4.90 Å². The molecule has 1 saturated heterocycles. The second-order valence-electron chi connectivity index (χ2n) is 5.60. The molecule has 1 aliphatic heterocycles. The summed E-state index contributed by atoms with van der Waals surface area (Å²) in [5.74, 6) is 3.05. The maximum atomic E-state index is 6.03. The van der Waals surface area contributed by atoms with E-state index in [9.17, 15) is 0 Å². The van der Waals surface area contributed by atoms with Gasteiger partial charge in [-0.15, -0.1) is 12.4 Å². The van der Waals surface area contributed by atoms with Gasteiger partial charge in [-0.25, -0.2) is 0 Å².